The minimum Gasteiger partial charge on any atom is -0.756 e. The standard InChI is InChI=1S/C84H145N2O6P/c1-6-8-10-12-14-16-18-20-22-24-26-28-30-32-34-36-38-40-41-42-43-44-45-46-48-50-52-54-56-58-60-62-64-66-68-70-72-74-76-78-84(88)85-82(81-92-93(89,90)91-80-79-86(3,4)5)83(87)77-75-73-71-69-67-65-63-61-59-57-55-53-51-49-47-39-37-35-33-31-29-27-25-23-21-19-17-15-13-11-9-7-2/h8,10,14,16,20,22,26,28,32,34,38,40,42-43,45-46,50,52,56,58,62,64,68,70,75,77,82-83,87H,6-7,9,11-13,15,17-19,21,23-25,27,29-31,33,35-37,39,41,44,47-49,51,53-55,57,59-61,63,65-67,69,71-74,76,78-81H2,1-5H3,(H-,85,88,89,90)/b10-8-,16-14-,22-20-,28-26-,34-32-,40-38-,43-42-,46-45-,52-50-,58-56-,64-62-,70-68-,77-75+. The molecule has 8 nitrogen and oxygen atoms in total. The van der Waals surface area contributed by atoms with Crippen molar-refractivity contribution < 1.29 is 32.9 Å². The summed E-state index contributed by atoms with van der Waals surface area (Å²) in [6, 6.07) is -0.924. The van der Waals surface area contributed by atoms with Crippen LogP contribution < -0.4 is 10.2 Å². The van der Waals surface area contributed by atoms with Crippen molar-refractivity contribution in [2.45, 2.75) is 328 Å². The zero-order chi connectivity index (χ0) is 67.6. The van der Waals surface area contributed by atoms with E-state index in [9.17, 15) is 19.4 Å². The third-order valence-corrected chi connectivity index (χ3v) is 17.5. The van der Waals surface area contributed by atoms with Gasteiger partial charge in [0.25, 0.3) is 7.82 Å². The minimum absolute atomic E-state index is 0.0175. The van der Waals surface area contributed by atoms with Crippen molar-refractivity contribution in [1.82, 2.24) is 5.32 Å². The van der Waals surface area contributed by atoms with Crippen molar-refractivity contribution in [3.63, 3.8) is 0 Å². The zero-order valence-corrected chi connectivity index (χ0v) is 61.8. The topological polar surface area (TPSA) is 108 Å². The molecule has 93 heavy (non-hydrogen) atoms. The lowest BCUT2D eigenvalue weighted by atomic mass is 10.0. The Bertz CT molecular complexity index is 2080. The van der Waals surface area contributed by atoms with E-state index in [4.69, 9.17) is 9.05 Å². The molecular formula is C84H145N2O6P. The van der Waals surface area contributed by atoms with Crippen LogP contribution in [-0.4, -0.2) is 68.5 Å². The molecule has 3 unspecified atom stereocenters. The molecule has 0 aliphatic rings. The van der Waals surface area contributed by atoms with E-state index in [2.05, 4.69) is 165 Å². The minimum atomic E-state index is -4.63. The number of hydrogen-bond donors (Lipinski definition) is 2. The summed E-state index contributed by atoms with van der Waals surface area (Å²) in [5.74, 6) is -0.242. The van der Waals surface area contributed by atoms with Gasteiger partial charge in [-0.05, 0) is 109 Å². The van der Waals surface area contributed by atoms with E-state index in [0.717, 1.165) is 109 Å². The molecule has 0 aromatic carbocycles. The summed E-state index contributed by atoms with van der Waals surface area (Å²) in [5.41, 5.74) is 0. The van der Waals surface area contributed by atoms with Crippen LogP contribution in [0.1, 0.15) is 316 Å². The molecule has 3 atom stereocenters. The van der Waals surface area contributed by atoms with Crippen LogP contribution in [0.15, 0.2) is 158 Å². The van der Waals surface area contributed by atoms with Crippen molar-refractivity contribution in [3.8, 4) is 0 Å². The van der Waals surface area contributed by atoms with E-state index in [1.54, 1.807) is 6.08 Å². The fourth-order valence-electron chi connectivity index (χ4n) is 10.6. The first-order valence-corrected chi connectivity index (χ1v) is 39.8. The molecule has 0 saturated heterocycles. The van der Waals surface area contributed by atoms with Gasteiger partial charge in [0.1, 0.15) is 13.2 Å². The quantitative estimate of drug-likeness (QED) is 0.0272. The number of phosphoric acid groups is 1. The predicted octanol–water partition coefficient (Wildman–Crippen LogP) is 24.6. The maximum absolute atomic E-state index is 13.0. The van der Waals surface area contributed by atoms with Crippen molar-refractivity contribution in [3.05, 3.63) is 158 Å². The summed E-state index contributed by atoms with van der Waals surface area (Å²) in [4.78, 5) is 25.7. The monoisotopic (exact) mass is 1310 g/mol. The smallest absolute Gasteiger partial charge is 0.268 e. The van der Waals surface area contributed by atoms with Crippen LogP contribution in [-0.2, 0) is 18.4 Å². The number of allylic oxidation sites excluding steroid dienone is 25. The third kappa shape index (κ3) is 75.4. The average Bonchev–Trinajstić information content (AvgIpc) is 1.94. The van der Waals surface area contributed by atoms with Crippen LogP contribution in [0.3, 0.4) is 0 Å². The van der Waals surface area contributed by atoms with E-state index >= 15 is 0 Å². The summed E-state index contributed by atoms with van der Waals surface area (Å²) >= 11 is 0. The summed E-state index contributed by atoms with van der Waals surface area (Å²) in [7, 11) is 1.22. The molecule has 532 valence electrons. The molecule has 0 aliphatic carbocycles. The lowest BCUT2D eigenvalue weighted by molar-refractivity contribution is -0.870. The van der Waals surface area contributed by atoms with Gasteiger partial charge in [-0.15, -0.1) is 0 Å². The molecule has 0 aliphatic heterocycles. The molecule has 0 rings (SSSR count). The Morgan fingerprint density at radius 3 is 0.957 bits per heavy atom. The predicted molar refractivity (Wildman–Crippen MR) is 408 cm³/mol. The molecule has 0 fully saturated rings. The Labute approximate surface area is 575 Å². The zero-order valence-electron chi connectivity index (χ0n) is 60.9. The Morgan fingerprint density at radius 2 is 0.656 bits per heavy atom. The highest BCUT2D eigenvalue weighted by molar-refractivity contribution is 7.45. The van der Waals surface area contributed by atoms with Gasteiger partial charge in [-0.3, -0.25) is 9.36 Å². The van der Waals surface area contributed by atoms with E-state index in [-0.39, 0.29) is 18.9 Å². The highest BCUT2D eigenvalue weighted by Gasteiger charge is 2.23. The Kier molecular flexibility index (Phi) is 69.4. The number of amides is 1. The van der Waals surface area contributed by atoms with Crippen LogP contribution in [0.25, 0.3) is 0 Å². The number of carbonyl (C=O) groups is 1. The van der Waals surface area contributed by atoms with Crippen LogP contribution in [0.5, 0.6) is 0 Å². The number of rotatable bonds is 69. The van der Waals surface area contributed by atoms with Crippen molar-refractivity contribution >= 4 is 13.7 Å². The van der Waals surface area contributed by atoms with Crippen LogP contribution in [0.2, 0.25) is 0 Å². The molecule has 0 heterocycles. The lowest BCUT2D eigenvalue weighted by Gasteiger charge is -2.29. The second kappa shape index (κ2) is 72.4. The number of aliphatic hydroxyl groups excluding tert-OH is 1. The first kappa shape index (κ1) is 89.1. The molecule has 0 bridgehead atoms. The molecule has 0 radical (unpaired) electrons. The largest absolute Gasteiger partial charge is 0.756 e. The lowest BCUT2D eigenvalue weighted by Crippen LogP contribution is -2.45. The second-order valence-electron chi connectivity index (χ2n) is 26.6. The molecular weight excluding hydrogens is 1160 g/mol. The Morgan fingerprint density at radius 1 is 0.387 bits per heavy atom. The maximum Gasteiger partial charge on any atom is 0.268 e. The first-order valence-electron chi connectivity index (χ1n) is 38.3. The third-order valence-electron chi connectivity index (χ3n) is 16.5. The van der Waals surface area contributed by atoms with E-state index in [0.29, 0.717) is 17.4 Å². The normalized spacial score (nSPS) is 14.4. The summed E-state index contributed by atoms with van der Waals surface area (Å²) < 4.78 is 23.5. The van der Waals surface area contributed by atoms with Gasteiger partial charge in [-0.25, -0.2) is 0 Å². The highest BCUT2D eigenvalue weighted by Crippen LogP contribution is 2.38. The average molecular weight is 1310 g/mol. The number of hydrogen-bond acceptors (Lipinski definition) is 6. The fraction of sp³-hybridized carbons (Fsp3) is 0.679. The second-order valence-corrected chi connectivity index (χ2v) is 28.0. The van der Waals surface area contributed by atoms with Gasteiger partial charge in [-0.2, -0.15) is 0 Å². The van der Waals surface area contributed by atoms with Gasteiger partial charge in [0.2, 0.25) is 5.91 Å². The molecule has 2 N–H and O–H groups in total. The Hall–Kier alpha value is -3.88. The number of carbonyl (C=O) groups excluding carboxylic acids is 1. The summed E-state index contributed by atoms with van der Waals surface area (Å²) in [6.45, 7) is 4.52. The van der Waals surface area contributed by atoms with Crippen molar-refractivity contribution in [1.29, 1.82) is 0 Å². The number of nitrogens with one attached hydrogen (secondary N) is 1. The van der Waals surface area contributed by atoms with Gasteiger partial charge >= 0.3 is 0 Å². The molecule has 1 amide bonds. The van der Waals surface area contributed by atoms with E-state index in [1.807, 2.05) is 27.2 Å². The fourth-order valence-corrected chi connectivity index (χ4v) is 11.3. The van der Waals surface area contributed by atoms with Crippen LogP contribution in [0, 0.1) is 0 Å². The first-order chi connectivity index (χ1) is 45.5. The molecule has 0 aromatic heterocycles. The van der Waals surface area contributed by atoms with Gasteiger partial charge < -0.3 is 28.8 Å². The Balaban J connectivity index is 4.18. The van der Waals surface area contributed by atoms with Crippen molar-refractivity contribution in [2.24, 2.45) is 0 Å². The highest BCUT2D eigenvalue weighted by atomic mass is 31.2. The van der Waals surface area contributed by atoms with Crippen LogP contribution in [0.4, 0.5) is 0 Å². The number of aliphatic hydroxyl groups is 1. The number of quaternary nitrogens is 1. The van der Waals surface area contributed by atoms with E-state index < -0.39 is 26.6 Å². The SMILES string of the molecule is CC/C=C\C/C=C\C/C=C\C/C=C\C/C=C\C/C=C\C/C=C\C/C=C\C/C=C\C/C=C\C/C=C\C/C=C\CCCCC(=O)NC(COP(=O)([O-])OCC[N+](C)(C)C)C(O)/C=C/CCCCCCCCCCCCCCCCCCCCCCCCCCCCCCCC. The molecule has 0 saturated carbocycles. The summed E-state index contributed by atoms with van der Waals surface area (Å²) in [6.07, 6.45) is 112. The van der Waals surface area contributed by atoms with E-state index in [1.165, 1.54) is 180 Å². The van der Waals surface area contributed by atoms with Crippen molar-refractivity contribution in [2.75, 3.05) is 40.9 Å². The van der Waals surface area contributed by atoms with Gasteiger partial charge in [0.15, 0.2) is 0 Å². The van der Waals surface area contributed by atoms with Gasteiger partial charge in [0, 0.05) is 6.42 Å². The van der Waals surface area contributed by atoms with Crippen LogP contribution >= 0.6 is 7.82 Å². The molecule has 0 spiro atoms. The summed E-state index contributed by atoms with van der Waals surface area (Å²) in [5, 5.41) is 14.0. The molecule has 9 heteroatoms. The number of unbranched alkanes of at least 4 members (excludes halogenated alkanes) is 32. The van der Waals surface area contributed by atoms with Gasteiger partial charge in [-0.1, -0.05) is 358 Å². The number of likely N-dealkylation sites (N-methyl/N-ethyl adjacent to an activating group) is 1. The number of nitrogens with zero attached hydrogens (tertiary/aromatic N) is 1. The number of phosphoric ester groups is 1. The molecule has 0 aromatic rings. The van der Waals surface area contributed by atoms with Gasteiger partial charge in [0.05, 0.1) is 39.9 Å². The maximum atomic E-state index is 13.0.